The first-order valence-corrected chi connectivity index (χ1v) is 9.49. The number of hydrogen-bond acceptors (Lipinski definition) is 5. The van der Waals surface area contributed by atoms with E-state index in [4.69, 9.17) is 9.88 Å². The molecular formula is C16H20N4O4S. The van der Waals surface area contributed by atoms with Crippen molar-refractivity contribution in [2.75, 3.05) is 19.7 Å². The molecule has 2 aromatic rings. The molecule has 1 atom stereocenters. The normalized spacial score (nSPS) is 18.8. The number of sulfonamides is 1. The quantitative estimate of drug-likeness (QED) is 0.848. The topological polar surface area (TPSA) is 108 Å². The first-order chi connectivity index (χ1) is 11.9. The van der Waals surface area contributed by atoms with Crippen LogP contribution in [-0.2, 0) is 21.3 Å². The number of aromatic nitrogens is 2. The molecule has 0 bridgehead atoms. The minimum absolute atomic E-state index is 0.0141. The van der Waals surface area contributed by atoms with E-state index < -0.39 is 10.0 Å². The molecule has 1 amide bonds. The molecule has 1 saturated heterocycles. The Bertz CT molecular complexity index is 818. The van der Waals surface area contributed by atoms with Gasteiger partial charge in [0.15, 0.2) is 0 Å². The molecule has 8 nitrogen and oxygen atoms in total. The molecule has 0 saturated carbocycles. The third kappa shape index (κ3) is 4.44. The largest absolute Gasteiger partial charge is 0.374 e. The van der Waals surface area contributed by atoms with Crippen LogP contribution in [0.4, 0.5) is 0 Å². The molecule has 1 fully saturated rings. The number of primary sulfonamides is 1. The lowest BCUT2D eigenvalue weighted by atomic mass is 10.2. The number of nitrogens with zero attached hydrogens (tertiary/aromatic N) is 3. The van der Waals surface area contributed by atoms with Gasteiger partial charge in [0.25, 0.3) is 5.91 Å². The summed E-state index contributed by atoms with van der Waals surface area (Å²) in [5.74, 6) is -0.156. The van der Waals surface area contributed by atoms with Gasteiger partial charge in [-0.15, -0.1) is 0 Å². The molecule has 2 N–H and O–H groups in total. The summed E-state index contributed by atoms with van der Waals surface area (Å²) in [6, 6.07) is 7.50. The summed E-state index contributed by atoms with van der Waals surface area (Å²) in [4.78, 5) is 14.4. The van der Waals surface area contributed by atoms with Gasteiger partial charge in [0.05, 0.1) is 17.5 Å². The predicted molar refractivity (Wildman–Crippen MR) is 90.3 cm³/mol. The third-order valence-corrected chi connectivity index (χ3v) is 4.95. The first kappa shape index (κ1) is 17.6. The fourth-order valence-electron chi connectivity index (χ4n) is 2.78. The number of hydrogen-bond donors (Lipinski definition) is 1. The van der Waals surface area contributed by atoms with E-state index in [1.807, 2.05) is 12.3 Å². The van der Waals surface area contributed by atoms with Crippen molar-refractivity contribution in [3.8, 4) is 0 Å². The summed E-state index contributed by atoms with van der Waals surface area (Å²) in [5, 5.41) is 9.25. The summed E-state index contributed by atoms with van der Waals surface area (Å²) in [5.41, 5.74) is 0.423. The summed E-state index contributed by atoms with van der Waals surface area (Å²) in [6.07, 6.45) is 4.16. The molecule has 25 heavy (non-hydrogen) atoms. The number of carbonyl (C=O) groups is 1. The summed E-state index contributed by atoms with van der Waals surface area (Å²) >= 11 is 0. The summed E-state index contributed by atoms with van der Waals surface area (Å²) in [6.45, 7) is 2.20. The van der Waals surface area contributed by atoms with E-state index >= 15 is 0 Å². The SMILES string of the molecule is NS(=O)(=O)c1ccc(C(=O)N2CCCOC(Cn3cccn3)C2)cc1. The number of benzene rings is 1. The van der Waals surface area contributed by atoms with E-state index in [-0.39, 0.29) is 16.9 Å². The van der Waals surface area contributed by atoms with Gasteiger partial charge in [-0.3, -0.25) is 9.48 Å². The van der Waals surface area contributed by atoms with E-state index in [1.54, 1.807) is 15.8 Å². The van der Waals surface area contributed by atoms with Crippen molar-refractivity contribution in [1.29, 1.82) is 0 Å². The third-order valence-electron chi connectivity index (χ3n) is 4.02. The summed E-state index contributed by atoms with van der Waals surface area (Å²) < 4.78 is 30.2. The van der Waals surface area contributed by atoms with Gasteiger partial charge < -0.3 is 9.64 Å². The zero-order valence-electron chi connectivity index (χ0n) is 13.6. The van der Waals surface area contributed by atoms with E-state index in [1.165, 1.54) is 24.3 Å². The maximum atomic E-state index is 12.7. The van der Waals surface area contributed by atoms with Crippen LogP contribution >= 0.6 is 0 Å². The van der Waals surface area contributed by atoms with Crippen LogP contribution in [0.2, 0.25) is 0 Å². The monoisotopic (exact) mass is 364 g/mol. The molecule has 1 aromatic heterocycles. The van der Waals surface area contributed by atoms with Gasteiger partial charge in [-0.2, -0.15) is 5.10 Å². The lowest BCUT2D eigenvalue weighted by molar-refractivity contribution is 0.0367. The van der Waals surface area contributed by atoms with Crippen LogP contribution < -0.4 is 5.14 Å². The molecule has 0 spiro atoms. The van der Waals surface area contributed by atoms with Crippen LogP contribution in [0.25, 0.3) is 0 Å². The fraction of sp³-hybridized carbons (Fsp3) is 0.375. The molecule has 1 aliphatic rings. The van der Waals surface area contributed by atoms with Gasteiger partial charge in [0, 0.05) is 37.7 Å². The van der Waals surface area contributed by atoms with Crippen LogP contribution in [0.5, 0.6) is 0 Å². The minimum atomic E-state index is -3.77. The average Bonchev–Trinajstić information content (AvgIpc) is 2.98. The van der Waals surface area contributed by atoms with E-state index in [0.717, 1.165) is 6.42 Å². The van der Waals surface area contributed by atoms with Crippen LogP contribution in [0.1, 0.15) is 16.8 Å². The van der Waals surface area contributed by atoms with Crippen molar-refractivity contribution in [1.82, 2.24) is 14.7 Å². The smallest absolute Gasteiger partial charge is 0.253 e. The number of rotatable bonds is 4. The zero-order valence-corrected chi connectivity index (χ0v) is 14.4. The van der Waals surface area contributed by atoms with E-state index in [2.05, 4.69) is 5.10 Å². The fourth-order valence-corrected chi connectivity index (χ4v) is 3.29. The Hall–Kier alpha value is -2.23. The molecule has 1 aliphatic heterocycles. The molecule has 0 radical (unpaired) electrons. The lowest BCUT2D eigenvalue weighted by Crippen LogP contribution is -2.38. The number of nitrogens with two attached hydrogens (primary N) is 1. The van der Waals surface area contributed by atoms with Crippen molar-refractivity contribution in [2.24, 2.45) is 5.14 Å². The van der Waals surface area contributed by atoms with Gasteiger partial charge in [0.2, 0.25) is 10.0 Å². The number of amides is 1. The first-order valence-electron chi connectivity index (χ1n) is 7.94. The van der Waals surface area contributed by atoms with Crippen LogP contribution in [0.15, 0.2) is 47.6 Å². The highest BCUT2D eigenvalue weighted by Crippen LogP contribution is 2.14. The molecule has 1 unspecified atom stereocenters. The number of ether oxygens (including phenoxy) is 1. The van der Waals surface area contributed by atoms with Gasteiger partial charge in [-0.05, 0) is 36.8 Å². The minimum Gasteiger partial charge on any atom is -0.374 e. The summed E-state index contributed by atoms with van der Waals surface area (Å²) in [7, 11) is -3.77. The molecular weight excluding hydrogens is 344 g/mol. The van der Waals surface area contributed by atoms with Crippen molar-refractivity contribution < 1.29 is 17.9 Å². The Kier molecular flexibility index (Phi) is 5.16. The zero-order chi connectivity index (χ0) is 17.9. The number of carbonyl (C=O) groups excluding carboxylic acids is 1. The Balaban J connectivity index is 1.71. The Labute approximate surface area is 146 Å². The Morgan fingerprint density at radius 1 is 1.32 bits per heavy atom. The van der Waals surface area contributed by atoms with Crippen molar-refractivity contribution in [2.45, 2.75) is 24.0 Å². The van der Waals surface area contributed by atoms with Crippen LogP contribution in [0.3, 0.4) is 0 Å². The maximum absolute atomic E-state index is 12.7. The highest BCUT2D eigenvalue weighted by molar-refractivity contribution is 7.89. The van der Waals surface area contributed by atoms with Gasteiger partial charge >= 0.3 is 0 Å². The molecule has 3 rings (SSSR count). The van der Waals surface area contributed by atoms with Crippen molar-refractivity contribution in [3.63, 3.8) is 0 Å². The maximum Gasteiger partial charge on any atom is 0.253 e. The Morgan fingerprint density at radius 3 is 2.72 bits per heavy atom. The average molecular weight is 364 g/mol. The highest BCUT2D eigenvalue weighted by atomic mass is 32.2. The van der Waals surface area contributed by atoms with Crippen molar-refractivity contribution >= 4 is 15.9 Å². The molecule has 0 aliphatic carbocycles. The van der Waals surface area contributed by atoms with E-state index in [0.29, 0.717) is 31.8 Å². The van der Waals surface area contributed by atoms with Crippen LogP contribution in [-0.4, -0.2) is 54.8 Å². The standard InChI is InChI=1S/C16H20N4O4S/c17-25(22,23)15-5-3-13(4-6-15)16(21)19-8-2-10-24-14(11-19)12-20-9-1-7-18-20/h1,3-7,9,14H,2,8,10-12H2,(H2,17,22,23). The highest BCUT2D eigenvalue weighted by Gasteiger charge is 2.24. The van der Waals surface area contributed by atoms with Gasteiger partial charge in [-0.1, -0.05) is 0 Å². The van der Waals surface area contributed by atoms with E-state index in [9.17, 15) is 13.2 Å². The second-order valence-corrected chi connectivity index (χ2v) is 7.46. The molecule has 9 heteroatoms. The van der Waals surface area contributed by atoms with Gasteiger partial charge in [-0.25, -0.2) is 13.6 Å². The van der Waals surface area contributed by atoms with Crippen LogP contribution in [0, 0.1) is 0 Å². The second kappa shape index (κ2) is 7.34. The molecule has 2 heterocycles. The predicted octanol–water partition coefficient (Wildman–Crippen LogP) is 0.462. The molecule has 1 aromatic carbocycles. The lowest BCUT2D eigenvalue weighted by Gasteiger charge is -2.24. The van der Waals surface area contributed by atoms with Crippen molar-refractivity contribution in [3.05, 3.63) is 48.3 Å². The molecule has 134 valence electrons. The second-order valence-electron chi connectivity index (χ2n) is 5.90. The Morgan fingerprint density at radius 2 is 2.08 bits per heavy atom. The van der Waals surface area contributed by atoms with Gasteiger partial charge in [0.1, 0.15) is 0 Å².